The summed E-state index contributed by atoms with van der Waals surface area (Å²) in [5.41, 5.74) is 0. The smallest absolute Gasteiger partial charge is 0.222 e. The van der Waals surface area contributed by atoms with Gasteiger partial charge in [-0.2, -0.15) is 0 Å². The fourth-order valence-corrected chi connectivity index (χ4v) is 3.37. The van der Waals surface area contributed by atoms with E-state index in [-0.39, 0.29) is 0 Å². The monoisotopic (exact) mass is 324 g/mol. The van der Waals surface area contributed by atoms with Crippen LogP contribution in [0, 0.1) is 0 Å². The molecule has 1 aliphatic rings. The van der Waals surface area contributed by atoms with Gasteiger partial charge in [-0.3, -0.25) is 4.79 Å². The van der Waals surface area contributed by atoms with Gasteiger partial charge in [-0.05, 0) is 19.4 Å². The maximum Gasteiger partial charge on any atom is 0.222 e. The molecule has 1 heterocycles. The van der Waals surface area contributed by atoms with Crippen molar-refractivity contribution in [2.24, 2.45) is 0 Å². The number of nitrogens with one attached hydrogen (secondary N) is 1. The van der Waals surface area contributed by atoms with Crippen molar-refractivity contribution >= 4 is 5.91 Å². The maximum absolute atomic E-state index is 11.5. The summed E-state index contributed by atoms with van der Waals surface area (Å²) in [4.78, 5) is 13.4. The van der Waals surface area contributed by atoms with Crippen molar-refractivity contribution in [2.75, 3.05) is 26.2 Å². The lowest BCUT2D eigenvalue weighted by Gasteiger charge is -2.15. The van der Waals surface area contributed by atoms with E-state index in [4.69, 9.17) is 0 Å². The van der Waals surface area contributed by atoms with E-state index in [2.05, 4.69) is 12.2 Å². The van der Waals surface area contributed by atoms with Gasteiger partial charge in [-0.25, -0.2) is 0 Å². The highest BCUT2D eigenvalue weighted by molar-refractivity contribution is 5.78. The van der Waals surface area contributed by atoms with Crippen molar-refractivity contribution in [3.05, 3.63) is 0 Å². The van der Waals surface area contributed by atoms with Crippen molar-refractivity contribution in [3.8, 4) is 0 Å². The van der Waals surface area contributed by atoms with E-state index in [9.17, 15) is 4.79 Å². The first-order valence-corrected chi connectivity index (χ1v) is 10.3. The van der Waals surface area contributed by atoms with Gasteiger partial charge in [0.2, 0.25) is 5.91 Å². The number of nitrogens with zero attached hydrogens (tertiary/aromatic N) is 1. The van der Waals surface area contributed by atoms with E-state index in [0.717, 1.165) is 39.0 Å². The molecule has 3 heteroatoms. The van der Waals surface area contributed by atoms with Crippen molar-refractivity contribution in [2.45, 2.75) is 96.8 Å². The third-order valence-electron chi connectivity index (χ3n) is 4.94. The van der Waals surface area contributed by atoms with Crippen LogP contribution in [0.5, 0.6) is 0 Å². The normalized spacial score (nSPS) is 14.8. The van der Waals surface area contributed by atoms with Gasteiger partial charge in [0.05, 0.1) is 0 Å². The number of hydrogen-bond acceptors (Lipinski definition) is 2. The highest BCUT2D eigenvalue weighted by Crippen LogP contribution is 2.11. The molecule has 136 valence electrons. The number of unbranched alkanes of at least 4 members (excludes halogenated alkanes) is 11. The topological polar surface area (TPSA) is 32.3 Å². The van der Waals surface area contributed by atoms with Crippen molar-refractivity contribution in [1.82, 2.24) is 10.2 Å². The minimum Gasteiger partial charge on any atom is -0.341 e. The molecular formula is C20H40N2O. The molecular weight excluding hydrogens is 284 g/mol. The fraction of sp³-hybridized carbons (Fsp3) is 0.950. The van der Waals surface area contributed by atoms with Crippen LogP contribution in [0.2, 0.25) is 0 Å². The van der Waals surface area contributed by atoms with Gasteiger partial charge < -0.3 is 10.2 Å². The zero-order valence-electron chi connectivity index (χ0n) is 15.6. The maximum atomic E-state index is 11.5. The number of likely N-dealkylation sites (tertiary alicyclic amines) is 1. The lowest BCUT2D eigenvalue weighted by molar-refractivity contribution is -0.127. The molecule has 1 aliphatic heterocycles. The molecule has 0 saturated carbocycles. The molecule has 0 aliphatic carbocycles. The van der Waals surface area contributed by atoms with Gasteiger partial charge in [0.1, 0.15) is 0 Å². The van der Waals surface area contributed by atoms with Crippen LogP contribution in [0.4, 0.5) is 0 Å². The van der Waals surface area contributed by atoms with E-state index in [1.807, 2.05) is 4.90 Å². The second-order valence-electron chi connectivity index (χ2n) is 7.12. The van der Waals surface area contributed by atoms with Gasteiger partial charge in [-0.15, -0.1) is 0 Å². The number of carbonyl (C=O) groups is 1. The Hall–Kier alpha value is -0.570. The SMILES string of the molecule is CCCCCCCCCCCCCCNCCN1CCCC1=O. The van der Waals surface area contributed by atoms with Gasteiger partial charge in [0, 0.05) is 26.1 Å². The summed E-state index contributed by atoms with van der Waals surface area (Å²) in [7, 11) is 0. The molecule has 0 aromatic heterocycles. The van der Waals surface area contributed by atoms with Crippen LogP contribution in [-0.2, 0) is 4.79 Å². The van der Waals surface area contributed by atoms with Gasteiger partial charge in [-0.1, -0.05) is 77.6 Å². The van der Waals surface area contributed by atoms with Gasteiger partial charge in [0.25, 0.3) is 0 Å². The number of rotatable bonds is 16. The standard InChI is InChI=1S/C20H40N2O/c1-2-3-4-5-6-7-8-9-10-11-12-13-16-21-17-19-22-18-14-15-20(22)23/h21H,2-19H2,1H3. The Bertz CT molecular complexity index is 281. The summed E-state index contributed by atoms with van der Waals surface area (Å²) in [5, 5.41) is 3.47. The molecule has 1 N–H and O–H groups in total. The fourth-order valence-electron chi connectivity index (χ4n) is 3.37. The summed E-state index contributed by atoms with van der Waals surface area (Å²) in [6, 6.07) is 0. The van der Waals surface area contributed by atoms with E-state index in [1.54, 1.807) is 0 Å². The highest BCUT2D eigenvalue weighted by atomic mass is 16.2. The molecule has 1 amide bonds. The molecule has 3 nitrogen and oxygen atoms in total. The Balaban J connectivity index is 1.69. The largest absolute Gasteiger partial charge is 0.341 e. The van der Waals surface area contributed by atoms with E-state index in [0.29, 0.717) is 5.91 Å². The first-order chi connectivity index (χ1) is 11.3. The van der Waals surface area contributed by atoms with Crippen LogP contribution in [0.1, 0.15) is 96.8 Å². The second-order valence-corrected chi connectivity index (χ2v) is 7.12. The molecule has 23 heavy (non-hydrogen) atoms. The van der Waals surface area contributed by atoms with Crippen LogP contribution in [0.15, 0.2) is 0 Å². The van der Waals surface area contributed by atoms with Gasteiger partial charge in [0.15, 0.2) is 0 Å². The molecule has 0 aromatic rings. The number of hydrogen-bond donors (Lipinski definition) is 1. The number of carbonyl (C=O) groups excluding carboxylic acids is 1. The van der Waals surface area contributed by atoms with Crippen LogP contribution in [-0.4, -0.2) is 37.0 Å². The summed E-state index contributed by atoms with van der Waals surface area (Å²) >= 11 is 0. The first kappa shape index (κ1) is 20.5. The van der Waals surface area contributed by atoms with Crippen LogP contribution in [0.25, 0.3) is 0 Å². The summed E-state index contributed by atoms with van der Waals surface area (Å²) < 4.78 is 0. The van der Waals surface area contributed by atoms with Gasteiger partial charge >= 0.3 is 0 Å². The minimum absolute atomic E-state index is 0.345. The van der Waals surface area contributed by atoms with Crippen molar-refractivity contribution in [1.29, 1.82) is 0 Å². The first-order valence-electron chi connectivity index (χ1n) is 10.3. The molecule has 1 fully saturated rings. The summed E-state index contributed by atoms with van der Waals surface area (Å²) in [5.74, 6) is 0.345. The van der Waals surface area contributed by atoms with Crippen molar-refractivity contribution in [3.63, 3.8) is 0 Å². The third-order valence-corrected chi connectivity index (χ3v) is 4.94. The molecule has 0 atom stereocenters. The predicted molar refractivity (Wildman–Crippen MR) is 99.8 cm³/mol. The average molecular weight is 325 g/mol. The molecule has 1 rings (SSSR count). The van der Waals surface area contributed by atoms with Crippen LogP contribution < -0.4 is 5.32 Å². The van der Waals surface area contributed by atoms with Crippen molar-refractivity contribution < 1.29 is 4.79 Å². The molecule has 0 radical (unpaired) electrons. The third kappa shape index (κ3) is 11.6. The summed E-state index contributed by atoms with van der Waals surface area (Å²) in [6.07, 6.45) is 18.7. The zero-order valence-corrected chi connectivity index (χ0v) is 15.6. The molecule has 0 spiro atoms. The Morgan fingerprint density at radius 2 is 1.39 bits per heavy atom. The minimum atomic E-state index is 0.345. The Morgan fingerprint density at radius 1 is 0.826 bits per heavy atom. The quantitative estimate of drug-likeness (QED) is 0.410. The number of amides is 1. The molecule has 0 aromatic carbocycles. The van der Waals surface area contributed by atoms with Crippen LogP contribution in [0.3, 0.4) is 0 Å². The van der Waals surface area contributed by atoms with E-state index >= 15 is 0 Å². The Labute approximate surface area is 144 Å². The van der Waals surface area contributed by atoms with Crippen LogP contribution >= 0.6 is 0 Å². The molecule has 0 bridgehead atoms. The summed E-state index contributed by atoms with van der Waals surface area (Å²) in [6.45, 7) is 6.23. The lowest BCUT2D eigenvalue weighted by Crippen LogP contribution is -2.33. The van der Waals surface area contributed by atoms with E-state index in [1.165, 1.54) is 77.0 Å². The lowest BCUT2D eigenvalue weighted by atomic mass is 10.1. The highest BCUT2D eigenvalue weighted by Gasteiger charge is 2.18. The zero-order chi connectivity index (χ0) is 16.6. The molecule has 0 unspecified atom stereocenters. The molecule has 1 saturated heterocycles. The Kier molecular flexibility index (Phi) is 13.3. The van der Waals surface area contributed by atoms with E-state index < -0.39 is 0 Å². The Morgan fingerprint density at radius 3 is 1.91 bits per heavy atom. The predicted octanol–water partition coefficient (Wildman–Crippen LogP) is 4.90. The average Bonchev–Trinajstić information content (AvgIpc) is 2.96. The second kappa shape index (κ2) is 15.0.